The topological polar surface area (TPSA) is 94.9 Å². The number of esters is 2. The monoisotopic (exact) mass is 401 g/mol. The molecule has 0 fully saturated rings. The van der Waals surface area contributed by atoms with Crippen LogP contribution in [-0.4, -0.2) is 39.4 Å². The van der Waals surface area contributed by atoms with Crippen molar-refractivity contribution in [3.63, 3.8) is 0 Å². The van der Waals surface area contributed by atoms with Crippen molar-refractivity contribution in [2.75, 3.05) is 27.4 Å². The molecule has 7 heteroatoms. The Morgan fingerprint density at radius 3 is 2.41 bits per heavy atom. The van der Waals surface area contributed by atoms with Crippen LogP contribution in [0, 0.1) is 16.7 Å². The first kappa shape index (κ1) is 23.8. The van der Waals surface area contributed by atoms with E-state index in [-0.39, 0.29) is 24.8 Å². The Bertz CT molecular complexity index is 817. The van der Waals surface area contributed by atoms with Crippen LogP contribution in [0.5, 0.6) is 11.5 Å². The molecule has 0 aliphatic carbocycles. The van der Waals surface area contributed by atoms with Crippen molar-refractivity contribution < 1.29 is 28.5 Å². The molecular weight excluding hydrogens is 374 g/mol. The van der Waals surface area contributed by atoms with E-state index in [1.54, 1.807) is 57.4 Å². The van der Waals surface area contributed by atoms with Crippen LogP contribution in [-0.2, 0) is 19.1 Å². The van der Waals surface area contributed by atoms with E-state index in [9.17, 15) is 9.59 Å². The van der Waals surface area contributed by atoms with Crippen LogP contribution in [0.4, 0.5) is 0 Å². The van der Waals surface area contributed by atoms with Gasteiger partial charge in [0.05, 0.1) is 19.6 Å². The number of nitrogens with zero attached hydrogens (tertiary/aromatic N) is 1. The Balaban J connectivity index is 2.65. The molecule has 1 aromatic rings. The molecule has 0 unspecified atom stereocenters. The van der Waals surface area contributed by atoms with Crippen LogP contribution in [0.25, 0.3) is 6.08 Å². The highest BCUT2D eigenvalue weighted by Gasteiger charge is 2.26. The van der Waals surface area contributed by atoms with Gasteiger partial charge in [-0.3, -0.25) is 4.79 Å². The molecule has 0 bridgehead atoms. The number of methoxy groups -OCH3 is 2. The maximum atomic E-state index is 12.0. The van der Waals surface area contributed by atoms with Crippen LogP contribution < -0.4 is 9.47 Å². The second kappa shape index (κ2) is 11.5. The molecule has 0 aromatic heterocycles. The lowest BCUT2D eigenvalue weighted by atomic mass is 9.91. The number of carbonyl (C=O) groups excluding carboxylic acids is 2. The van der Waals surface area contributed by atoms with Crippen molar-refractivity contribution in [3.8, 4) is 17.6 Å². The van der Waals surface area contributed by atoms with E-state index in [1.165, 1.54) is 13.2 Å². The third-order valence-corrected chi connectivity index (χ3v) is 4.31. The predicted molar refractivity (Wildman–Crippen MR) is 108 cm³/mol. The Labute approximate surface area is 171 Å². The molecule has 1 rings (SSSR count). The first-order chi connectivity index (χ1) is 13.8. The summed E-state index contributed by atoms with van der Waals surface area (Å²) in [5, 5.41) is 9.17. The molecule has 0 heterocycles. The molecule has 0 saturated carbocycles. The van der Waals surface area contributed by atoms with E-state index in [0.29, 0.717) is 17.9 Å². The summed E-state index contributed by atoms with van der Waals surface area (Å²) in [7, 11) is 3.10. The fourth-order valence-corrected chi connectivity index (χ4v) is 2.04. The minimum absolute atomic E-state index is 0.0639. The summed E-state index contributed by atoms with van der Waals surface area (Å²) >= 11 is 0. The van der Waals surface area contributed by atoms with Gasteiger partial charge in [0, 0.05) is 11.6 Å². The highest BCUT2D eigenvalue weighted by molar-refractivity contribution is 5.93. The van der Waals surface area contributed by atoms with Crippen molar-refractivity contribution in [1.29, 1.82) is 5.26 Å². The van der Waals surface area contributed by atoms with Crippen molar-refractivity contribution in [1.82, 2.24) is 0 Å². The molecule has 0 amide bonds. The second-order valence-corrected chi connectivity index (χ2v) is 6.67. The Morgan fingerprint density at radius 1 is 1.14 bits per heavy atom. The summed E-state index contributed by atoms with van der Waals surface area (Å²) in [5.41, 5.74) is -0.00993. The molecule has 29 heavy (non-hydrogen) atoms. The summed E-state index contributed by atoms with van der Waals surface area (Å²) in [6, 6.07) is 7.08. The van der Waals surface area contributed by atoms with Crippen LogP contribution in [0.2, 0.25) is 0 Å². The summed E-state index contributed by atoms with van der Waals surface area (Å²) in [6.07, 6.45) is 5.22. The molecule has 0 atom stereocenters. The van der Waals surface area contributed by atoms with Crippen molar-refractivity contribution >= 4 is 18.0 Å². The molecule has 0 aliphatic rings. The highest BCUT2D eigenvalue weighted by atomic mass is 16.6. The van der Waals surface area contributed by atoms with Gasteiger partial charge in [0.1, 0.15) is 36.4 Å². The van der Waals surface area contributed by atoms with Gasteiger partial charge in [-0.25, -0.2) is 4.79 Å². The lowest BCUT2D eigenvalue weighted by Crippen LogP contribution is -2.27. The fourth-order valence-electron chi connectivity index (χ4n) is 2.04. The number of benzene rings is 1. The minimum atomic E-state index is -0.787. The van der Waals surface area contributed by atoms with Gasteiger partial charge >= 0.3 is 11.9 Å². The third kappa shape index (κ3) is 7.34. The Hall–Kier alpha value is -3.27. The minimum Gasteiger partial charge on any atom is -0.497 e. The number of carbonyl (C=O) groups is 2. The summed E-state index contributed by atoms with van der Waals surface area (Å²) in [6.45, 7) is 5.26. The quantitative estimate of drug-likeness (QED) is 0.194. The van der Waals surface area contributed by atoms with Crippen LogP contribution in [0.3, 0.4) is 0 Å². The fraction of sp³-hybridized carbons (Fsp3) is 0.409. The lowest BCUT2D eigenvalue weighted by molar-refractivity contribution is -0.158. The van der Waals surface area contributed by atoms with Gasteiger partial charge in [-0.1, -0.05) is 19.1 Å². The van der Waals surface area contributed by atoms with E-state index in [0.717, 1.165) is 5.56 Å². The molecule has 0 spiro atoms. The molecule has 1 aromatic carbocycles. The van der Waals surface area contributed by atoms with E-state index >= 15 is 0 Å². The van der Waals surface area contributed by atoms with Crippen LogP contribution in [0.1, 0.15) is 32.8 Å². The number of hydrogen-bond donors (Lipinski definition) is 0. The maximum absolute atomic E-state index is 12.0. The van der Waals surface area contributed by atoms with Gasteiger partial charge in [-0.2, -0.15) is 5.26 Å². The Kier molecular flexibility index (Phi) is 9.46. The highest BCUT2D eigenvalue weighted by Crippen LogP contribution is 2.25. The number of nitriles is 1. The molecular formula is C22H27NO6. The van der Waals surface area contributed by atoms with Crippen molar-refractivity contribution in [3.05, 3.63) is 41.5 Å². The van der Waals surface area contributed by atoms with Gasteiger partial charge < -0.3 is 18.9 Å². The third-order valence-electron chi connectivity index (χ3n) is 4.31. The SMILES string of the molecule is CCC(C)(C)C(=O)OCCOC(=O)/C(C#N)=C/C=C/c1ccc(OC)cc1OC. The molecule has 156 valence electrons. The molecule has 0 aliphatic heterocycles. The second-order valence-electron chi connectivity index (χ2n) is 6.67. The largest absolute Gasteiger partial charge is 0.497 e. The average Bonchev–Trinajstić information content (AvgIpc) is 2.73. The first-order valence-corrected chi connectivity index (χ1v) is 9.13. The van der Waals surface area contributed by atoms with Crippen LogP contribution in [0.15, 0.2) is 35.9 Å². The predicted octanol–water partition coefficient (Wildman–Crippen LogP) is 3.69. The zero-order chi connectivity index (χ0) is 21.9. The van der Waals surface area contributed by atoms with Gasteiger partial charge in [-0.05, 0) is 38.5 Å². The van der Waals surface area contributed by atoms with E-state index in [1.807, 2.05) is 6.92 Å². The molecule has 0 saturated heterocycles. The number of allylic oxidation sites excluding steroid dienone is 2. The zero-order valence-corrected chi connectivity index (χ0v) is 17.5. The molecule has 7 nitrogen and oxygen atoms in total. The van der Waals surface area contributed by atoms with E-state index in [2.05, 4.69) is 0 Å². The standard InChI is InChI=1S/C22H27NO6/c1-6-22(2,3)21(25)29-13-12-28-20(24)17(15-23)9-7-8-16-10-11-18(26-4)14-19(16)27-5/h7-11,14H,6,12-13H2,1-5H3/b8-7+,17-9+. The average molecular weight is 401 g/mol. The summed E-state index contributed by atoms with van der Waals surface area (Å²) < 4.78 is 20.5. The number of ether oxygens (including phenoxy) is 4. The van der Waals surface area contributed by atoms with Crippen molar-refractivity contribution in [2.45, 2.75) is 27.2 Å². The Morgan fingerprint density at radius 2 is 1.83 bits per heavy atom. The first-order valence-electron chi connectivity index (χ1n) is 9.13. The smallest absolute Gasteiger partial charge is 0.349 e. The molecule has 0 radical (unpaired) electrons. The van der Waals surface area contributed by atoms with Crippen molar-refractivity contribution in [2.24, 2.45) is 5.41 Å². The normalized spacial score (nSPS) is 11.7. The van der Waals surface area contributed by atoms with E-state index in [4.69, 9.17) is 24.2 Å². The maximum Gasteiger partial charge on any atom is 0.349 e. The van der Waals surface area contributed by atoms with Gasteiger partial charge in [-0.15, -0.1) is 0 Å². The van der Waals surface area contributed by atoms with Gasteiger partial charge in [0.25, 0.3) is 0 Å². The molecule has 0 N–H and O–H groups in total. The number of rotatable bonds is 10. The van der Waals surface area contributed by atoms with Crippen LogP contribution >= 0.6 is 0 Å². The van der Waals surface area contributed by atoms with Gasteiger partial charge in [0.15, 0.2) is 0 Å². The van der Waals surface area contributed by atoms with Gasteiger partial charge in [0.2, 0.25) is 0 Å². The number of hydrogen-bond acceptors (Lipinski definition) is 7. The zero-order valence-electron chi connectivity index (χ0n) is 17.5. The lowest BCUT2D eigenvalue weighted by Gasteiger charge is -2.20. The van der Waals surface area contributed by atoms with E-state index < -0.39 is 11.4 Å². The summed E-state index contributed by atoms with van der Waals surface area (Å²) in [4.78, 5) is 23.8. The summed E-state index contributed by atoms with van der Waals surface area (Å²) in [5.74, 6) is 0.0962.